The van der Waals surface area contributed by atoms with Gasteiger partial charge in [0.05, 0.1) is 0 Å². The molecule has 2 bridgehead atoms. The summed E-state index contributed by atoms with van der Waals surface area (Å²) in [7, 11) is 0. The molecule has 5 heteroatoms. The van der Waals surface area contributed by atoms with Crippen molar-refractivity contribution in [1.29, 1.82) is 0 Å². The van der Waals surface area contributed by atoms with Crippen LogP contribution in [0.4, 0.5) is 0 Å². The molecule has 1 saturated carbocycles. The SMILES string of the molecule is CCC(=O)OC1CC2(c3ccccc3)OC1(C)C1CCC(C)C1C2OC(=O)/C=C/c1ccccc1. The Kier molecular flexibility index (Phi) is 6.30. The van der Waals surface area contributed by atoms with Crippen LogP contribution in [0.1, 0.15) is 57.6 Å². The van der Waals surface area contributed by atoms with Crippen LogP contribution in [0.3, 0.4) is 0 Å². The number of benzene rings is 2. The van der Waals surface area contributed by atoms with Gasteiger partial charge >= 0.3 is 11.9 Å². The highest BCUT2D eigenvalue weighted by atomic mass is 16.6. The van der Waals surface area contributed by atoms with Gasteiger partial charge in [-0.15, -0.1) is 0 Å². The van der Waals surface area contributed by atoms with Crippen LogP contribution < -0.4 is 0 Å². The molecule has 0 amide bonds. The molecule has 2 saturated heterocycles. The molecule has 2 aromatic rings. The Morgan fingerprint density at radius 3 is 2.40 bits per heavy atom. The molecular formula is C30H34O5. The first kappa shape index (κ1) is 23.8. The van der Waals surface area contributed by atoms with Gasteiger partial charge in [-0.3, -0.25) is 4.79 Å². The van der Waals surface area contributed by atoms with E-state index in [-0.39, 0.29) is 23.8 Å². The Labute approximate surface area is 207 Å². The van der Waals surface area contributed by atoms with Gasteiger partial charge in [0.15, 0.2) is 0 Å². The normalized spacial score (nSPS) is 35.6. The molecule has 0 spiro atoms. The maximum Gasteiger partial charge on any atom is 0.331 e. The molecule has 3 fully saturated rings. The minimum Gasteiger partial charge on any atom is -0.459 e. The number of rotatable bonds is 6. The van der Waals surface area contributed by atoms with E-state index >= 15 is 0 Å². The van der Waals surface area contributed by atoms with Gasteiger partial charge in [0.2, 0.25) is 0 Å². The third-order valence-electron chi connectivity index (χ3n) is 8.41. The van der Waals surface area contributed by atoms with Gasteiger partial charge in [0.25, 0.3) is 0 Å². The fourth-order valence-electron chi connectivity index (χ4n) is 6.71. The van der Waals surface area contributed by atoms with Gasteiger partial charge in [-0.1, -0.05) is 74.5 Å². The van der Waals surface area contributed by atoms with Crippen LogP contribution >= 0.6 is 0 Å². The van der Waals surface area contributed by atoms with Gasteiger partial charge in [0.1, 0.15) is 23.4 Å². The number of fused-ring (bicyclic) bond motifs is 4. The Morgan fingerprint density at radius 1 is 1.03 bits per heavy atom. The fourth-order valence-corrected chi connectivity index (χ4v) is 6.71. The maximum atomic E-state index is 13.2. The van der Waals surface area contributed by atoms with Crippen molar-refractivity contribution >= 4 is 18.0 Å². The first-order valence-corrected chi connectivity index (χ1v) is 12.8. The highest BCUT2D eigenvalue weighted by Gasteiger charge is 2.72. The summed E-state index contributed by atoms with van der Waals surface area (Å²) in [6.07, 6.45) is 5.19. The monoisotopic (exact) mass is 474 g/mol. The highest BCUT2D eigenvalue weighted by Crippen LogP contribution is 2.64. The molecule has 2 heterocycles. The average Bonchev–Trinajstić information content (AvgIpc) is 3.39. The van der Waals surface area contributed by atoms with Gasteiger partial charge in [-0.2, -0.15) is 0 Å². The summed E-state index contributed by atoms with van der Waals surface area (Å²) in [4.78, 5) is 25.6. The third kappa shape index (κ3) is 4.10. The van der Waals surface area contributed by atoms with Crippen molar-refractivity contribution < 1.29 is 23.8 Å². The summed E-state index contributed by atoms with van der Waals surface area (Å²) < 4.78 is 19.3. The molecule has 0 aromatic heterocycles. The van der Waals surface area contributed by atoms with Crippen LogP contribution in [0.15, 0.2) is 66.7 Å². The Bertz CT molecular complexity index is 1100. The van der Waals surface area contributed by atoms with Gasteiger partial charge in [0, 0.05) is 24.8 Å². The molecule has 0 N–H and O–H groups in total. The molecule has 184 valence electrons. The quantitative estimate of drug-likeness (QED) is 0.398. The van der Waals surface area contributed by atoms with Crippen molar-refractivity contribution in [2.75, 3.05) is 0 Å². The van der Waals surface area contributed by atoms with E-state index in [1.54, 1.807) is 6.08 Å². The fraction of sp³-hybridized carbons (Fsp3) is 0.467. The van der Waals surface area contributed by atoms with Crippen molar-refractivity contribution in [3.8, 4) is 0 Å². The number of hydrogen-bond donors (Lipinski definition) is 0. The van der Waals surface area contributed by atoms with Gasteiger partial charge in [-0.25, -0.2) is 4.79 Å². The molecule has 1 aliphatic carbocycles. The molecule has 7 unspecified atom stereocenters. The molecule has 5 rings (SSSR count). The number of hydrogen-bond acceptors (Lipinski definition) is 5. The minimum atomic E-state index is -0.870. The van der Waals surface area contributed by atoms with E-state index in [4.69, 9.17) is 14.2 Å². The largest absolute Gasteiger partial charge is 0.459 e. The number of esters is 2. The van der Waals surface area contributed by atoms with Crippen molar-refractivity contribution in [1.82, 2.24) is 0 Å². The van der Waals surface area contributed by atoms with Crippen LogP contribution in [0.25, 0.3) is 6.08 Å². The van der Waals surface area contributed by atoms with E-state index in [9.17, 15) is 9.59 Å². The van der Waals surface area contributed by atoms with Crippen LogP contribution in [0.2, 0.25) is 0 Å². The molecular weight excluding hydrogens is 440 g/mol. The zero-order valence-electron chi connectivity index (χ0n) is 20.7. The summed E-state index contributed by atoms with van der Waals surface area (Å²) in [6, 6.07) is 19.7. The predicted octanol–water partition coefficient (Wildman–Crippen LogP) is 5.68. The second-order valence-electron chi connectivity index (χ2n) is 10.4. The van der Waals surface area contributed by atoms with E-state index in [1.165, 1.54) is 6.08 Å². The molecule has 2 aromatic carbocycles. The Morgan fingerprint density at radius 2 is 1.71 bits per heavy atom. The van der Waals surface area contributed by atoms with Crippen molar-refractivity contribution in [2.45, 2.75) is 69.9 Å². The number of ether oxygens (including phenoxy) is 3. The zero-order chi connectivity index (χ0) is 24.6. The summed E-state index contributed by atoms with van der Waals surface area (Å²) in [5.41, 5.74) is 0.404. The molecule has 35 heavy (non-hydrogen) atoms. The van der Waals surface area contributed by atoms with E-state index in [0.29, 0.717) is 18.8 Å². The average molecular weight is 475 g/mol. The Hall–Kier alpha value is -2.92. The standard InChI is InChI=1S/C30H34O5/c1-4-25(31)33-24-19-30(22-13-9-6-10-14-22)28(27-20(2)15-17-23(27)29(24,3)35-30)34-26(32)18-16-21-11-7-5-8-12-21/h5-14,16,18,20,23-24,27-28H,4,15,17,19H2,1-3H3/b18-16+. The highest BCUT2D eigenvalue weighted by molar-refractivity contribution is 5.87. The lowest BCUT2D eigenvalue weighted by molar-refractivity contribution is -0.257. The lowest BCUT2D eigenvalue weighted by atomic mass is 9.70. The van der Waals surface area contributed by atoms with Crippen LogP contribution in [0, 0.1) is 17.8 Å². The van der Waals surface area contributed by atoms with Crippen LogP contribution in [0.5, 0.6) is 0 Å². The number of carbonyl (C=O) groups is 2. The molecule has 7 atom stereocenters. The molecule has 2 aliphatic heterocycles. The van der Waals surface area contributed by atoms with Crippen molar-refractivity contribution in [3.63, 3.8) is 0 Å². The van der Waals surface area contributed by atoms with E-state index in [0.717, 1.165) is 24.0 Å². The maximum absolute atomic E-state index is 13.2. The minimum absolute atomic E-state index is 0.119. The van der Waals surface area contributed by atoms with Gasteiger partial charge < -0.3 is 14.2 Å². The summed E-state index contributed by atoms with van der Waals surface area (Å²) in [5, 5.41) is 0. The second-order valence-corrected chi connectivity index (χ2v) is 10.4. The second kappa shape index (κ2) is 9.27. The zero-order valence-corrected chi connectivity index (χ0v) is 20.7. The summed E-state index contributed by atoms with van der Waals surface area (Å²) in [5.74, 6) is 0.0179. The van der Waals surface area contributed by atoms with E-state index < -0.39 is 23.4 Å². The first-order chi connectivity index (χ1) is 16.9. The number of carbonyl (C=O) groups excluding carboxylic acids is 2. The van der Waals surface area contributed by atoms with E-state index in [1.807, 2.05) is 67.6 Å². The predicted molar refractivity (Wildman–Crippen MR) is 133 cm³/mol. The molecule has 3 aliphatic rings. The summed E-state index contributed by atoms with van der Waals surface area (Å²) in [6.45, 7) is 6.14. The van der Waals surface area contributed by atoms with Gasteiger partial charge in [-0.05, 0) is 48.8 Å². The van der Waals surface area contributed by atoms with Crippen molar-refractivity contribution in [3.05, 3.63) is 77.9 Å². The van der Waals surface area contributed by atoms with Crippen LogP contribution in [-0.2, 0) is 29.4 Å². The lowest BCUT2D eigenvalue weighted by Gasteiger charge is -2.51. The van der Waals surface area contributed by atoms with Crippen LogP contribution in [-0.4, -0.2) is 29.7 Å². The smallest absolute Gasteiger partial charge is 0.331 e. The molecule has 0 radical (unpaired) electrons. The lowest BCUT2D eigenvalue weighted by Crippen LogP contribution is -2.59. The summed E-state index contributed by atoms with van der Waals surface area (Å²) >= 11 is 0. The topological polar surface area (TPSA) is 61.8 Å². The molecule has 5 nitrogen and oxygen atoms in total. The Balaban J connectivity index is 1.54. The first-order valence-electron chi connectivity index (χ1n) is 12.8. The third-order valence-corrected chi connectivity index (χ3v) is 8.41. The van der Waals surface area contributed by atoms with Crippen molar-refractivity contribution in [2.24, 2.45) is 17.8 Å². The van der Waals surface area contributed by atoms with E-state index in [2.05, 4.69) is 13.8 Å².